The van der Waals surface area contributed by atoms with Crippen molar-refractivity contribution in [2.24, 2.45) is 0 Å². The number of esters is 1. The van der Waals surface area contributed by atoms with Gasteiger partial charge in [0.15, 0.2) is 0 Å². The Morgan fingerprint density at radius 3 is 2.43 bits per heavy atom. The topological polar surface area (TPSA) is 105 Å². The minimum atomic E-state index is -3.70. The van der Waals surface area contributed by atoms with Gasteiger partial charge in [0.2, 0.25) is 5.91 Å². The second-order valence-electron chi connectivity index (χ2n) is 4.67. The van der Waals surface area contributed by atoms with Crippen LogP contribution in [-0.4, -0.2) is 57.9 Å². The SMILES string of the molecule is CCC(C)NC(=O)CCNS(=O)(=O)N(C)CCC(=O)OC. The first-order chi connectivity index (χ1) is 9.72. The van der Waals surface area contributed by atoms with Gasteiger partial charge >= 0.3 is 5.97 Å². The lowest BCUT2D eigenvalue weighted by Crippen LogP contribution is -2.41. The maximum Gasteiger partial charge on any atom is 0.306 e. The molecule has 1 amide bonds. The van der Waals surface area contributed by atoms with Crippen molar-refractivity contribution in [3.8, 4) is 0 Å². The van der Waals surface area contributed by atoms with Crippen LogP contribution in [0.5, 0.6) is 0 Å². The van der Waals surface area contributed by atoms with Crippen LogP contribution in [0.25, 0.3) is 0 Å². The van der Waals surface area contributed by atoms with Crippen LogP contribution in [0.4, 0.5) is 0 Å². The monoisotopic (exact) mass is 323 g/mol. The number of rotatable bonds is 10. The molecule has 1 unspecified atom stereocenters. The molecule has 0 aromatic carbocycles. The van der Waals surface area contributed by atoms with E-state index in [0.717, 1.165) is 10.7 Å². The van der Waals surface area contributed by atoms with Crippen molar-refractivity contribution in [3.05, 3.63) is 0 Å². The predicted octanol–water partition coefficient (Wildman–Crippen LogP) is -0.379. The molecular weight excluding hydrogens is 298 g/mol. The van der Waals surface area contributed by atoms with Gasteiger partial charge in [-0.15, -0.1) is 0 Å². The molecule has 0 aliphatic carbocycles. The molecule has 0 aliphatic rings. The summed E-state index contributed by atoms with van der Waals surface area (Å²) in [6, 6.07) is 0.0665. The van der Waals surface area contributed by atoms with Crippen LogP contribution in [0.2, 0.25) is 0 Å². The molecule has 0 aliphatic heterocycles. The van der Waals surface area contributed by atoms with Gasteiger partial charge in [-0.2, -0.15) is 12.7 Å². The molecule has 0 radical (unpaired) electrons. The smallest absolute Gasteiger partial charge is 0.306 e. The maximum atomic E-state index is 11.8. The van der Waals surface area contributed by atoms with Gasteiger partial charge in [-0.05, 0) is 13.3 Å². The largest absolute Gasteiger partial charge is 0.469 e. The zero-order valence-corrected chi connectivity index (χ0v) is 13.8. The molecule has 0 fully saturated rings. The average molecular weight is 323 g/mol. The van der Waals surface area contributed by atoms with E-state index in [4.69, 9.17) is 0 Å². The molecule has 0 bridgehead atoms. The van der Waals surface area contributed by atoms with Crippen LogP contribution < -0.4 is 10.0 Å². The van der Waals surface area contributed by atoms with Crippen molar-refractivity contribution in [3.63, 3.8) is 0 Å². The zero-order valence-electron chi connectivity index (χ0n) is 13.0. The third-order valence-corrected chi connectivity index (χ3v) is 4.50. The number of nitrogens with one attached hydrogen (secondary N) is 2. The van der Waals surface area contributed by atoms with Gasteiger partial charge in [-0.3, -0.25) is 9.59 Å². The second kappa shape index (κ2) is 9.69. The van der Waals surface area contributed by atoms with Crippen LogP contribution in [0.15, 0.2) is 0 Å². The van der Waals surface area contributed by atoms with Crippen molar-refractivity contribution < 1.29 is 22.7 Å². The summed E-state index contributed by atoms with van der Waals surface area (Å²) in [6.45, 7) is 3.85. The van der Waals surface area contributed by atoms with Crippen molar-refractivity contribution in [1.29, 1.82) is 0 Å². The molecule has 0 rings (SSSR count). The number of methoxy groups -OCH3 is 1. The summed E-state index contributed by atoms with van der Waals surface area (Å²) in [4.78, 5) is 22.5. The Hall–Kier alpha value is -1.19. The lowest BCUT2D eigenvalue weighted by molar-refractivity contribution is -0.140. The fourth-order valence-electron chi connectivity index (χ4n) is 1.32. The molecule has 0 saturated carbocycles. The van der Waals surface area contributed by atoms with Crippen LogP contribution >= 0.6 is 0 Å². The third kappa shape index (κ3) is 8.64. The normalized spacial score (nSPS) is 13.0. The highest BCUT2D eigenvalue weighted by molar-refractivity contribution is 7.87. The fourth-order valence-corrected chi connectivity index (χ4v) is 2.24. The summed E-state index contributed by atoms with van der Waals surface area (Å²) in [5, 5.41) is 2.74. The van der Waals surface area contributed by atoms with Crippen molar-refractivity contribution in [2.75, 3.05) is 27.2 Å². The van der Waals surface area contributed by atoms with E-state index in [1.807, 2.05) is 13.8 Å². The summed E-state index contributed by atoms with van der Waals surface area (Å²) in [7, 11) is -1.11. The van der Waals surface area contributed by atoms with Gasteiger partial charge in [0.25, 0.3) is 10.2 Å². The Kier molecular flexibility index (Phi) is 9.14. The summed E-state index contributed by atoms with van der Waals surface area (Å²) in [5.74, 6) is -0.686. The Morgan fingerprint density at radius 2 is 1.90 bits per heavy atom. The standard InChI is InChI=1S/C12H25N3O5S/c1-5-10(2)14-11(16)6-8-13-21(18,19)15(3)9-7-12(17)20-4/h10,13H,5-9H2,1-4H3,(H,14,16). The van der Waals surface area contributed by atoms with Gasteiger partial charge < -0.3 is 10.1 Å². The molecule has 0 aromatic heterocycles. The number of carbonyl (C=O) groups excluding carboxylic acids is 2. The number of nitrogens with zero attached hydrogens (tertiary/aromatic N) is 1. The van der Waals surface area contributed by atoms with Crippen molar-refractivity contribution in [1.82, 2.24) is 14.3 Å². The number of hydrogen-bond donors (Lipinski definition) is 2. The molecule has 0 aromatic rings. The van der Waals surface area contributed by atoms with Gasteiger partial charge in [-0.25, -0.2) is 4.72 Å². The van der Waals surface area contributed by atoms with Gasteiger partial charge in [0.05, 0.1) is 13.5 Å². The van der Waals surface area contributed by atoms with Gasteiger partial charge in [0, 0.05) is 32.6 Å². The molecule has 0 heterocycles. The minimum Gasteiger partial charge on any atom is -0.469 e. The summed E-state index contributed by atoms with van der Waals surface area (Å²) >= 11 is 0. The second-order valence-corrected chi connectivity index (χ2v) is 6.54. The highest BCUT2D eigenvalue weighted by atomic mass is 32.2. The lowest BCUT2D eigenvalue weighted by Gasteiger charge is -2.17. The first-order valence-electron chi connectivity index (χ1n) is 6.80. The van der Waals surface area contributed by atoms with Crippen molar-refractivity contribution >= 4 is 22.1 Å². The number of carbonyl (C=O) groups is 2. The fraction of sp³-hybridized carbons (Fsp3) is 0.833. The predicted molar refractivity (Wildman–Crippen MR) is 78.7 cm³/mol. The molecule has 1 atom stereocenters. The molecule has 2 N–H and O–H groups in total. The Balaban J connectivity index is 4.12. The van der Waals surface area contributed by atoms with E-state index in [9.17, 15) is 18.0 Å². The quantitative estimate of drug-likeness (QED) is 0.533. The van der Waals surface area contributed by atoms with Gasteiger partial charge in [0.1, 0.15) is 0 Å². The summed E-state index contributed by atoms with van der Waals surface area (Å²) in [5.41, 5.74) is 0. The lowest BCUT2D eigenvalue weighted by atomic mass is 10.2. The third-order valence-electron chi connectivity index (χ3n) is 2.93. The van der Waals surface area contributed by atoms with E-state index < -0.39 is 16.2 Å². The molecule has 21 heavy (non-hydrogen) atoms. The highest BCUT2D eigenvalue weighted by Crippen LogP contribution is 1.97. The van der Waals surface area contributed by atoms with Gasteiger partial charge in [-0.1, -0.05) is 6.92 Å². The van der Waals surface area contributed by atoms with Crippen LogP contribution in [0.3, 0.4) is 0 Å². The van der Waals surface area contributed by atoms with Crippen LogP contribution in [-0.2, 0) is 24.5 Å². The maximum absolute atomic E-state index is 11.8. The molecule has 0 saturated heterocycles. The summed E-state index contributed by atoms with van der Waals surface area (Å²) in [6.07, 6.45) is 0.852. The number of hydrogen-bond acceptors (Lipinski definition) is 5. The van der Waals surface area contributed by atoms with E-state index in [1.54, 1.807) is 0 Å². The minimum absolute atomic E-state index is 0.00711. The summed E-state index contributed by atoms with van der Waals surface area (Å²) < 4.78 is 31.4. The van der Waals surface area contributed by atoms with E-state index in [-0.39, 0.29) is 37.9 Å². The molecule has 9 heteroatoms. The molecule has 0 spiro atoms. The van der Waals surface area contributed by atoms with E-state index in [0.29, 0.717) is 0 Å². The zero-order chi connectivity index (χ0) is 16.5. The number of ether oxygens (including phenoxy) is 1. The Labute approximate surface area is 126 Å². The Morgan fingerprint density at radius 1 is 1.29 bits per heavy atom. The Bertz CT molecular complexity index is 438. The van der Waals surface area contributed by atoms with Crippen LogP contribution in [0.1, 0.15) is 33.1 Å². The first kappa shape index (κ1) is 19.8. The van der Waals surface area contributed by atoms with E-state index in [1.165, 1.54) is 14.2 Å². The first-order valence-corrected chi connectivity index (χ1v) is 8.24. The van der Waals surface area contributed by atoms with Crippen LogP contribution in [0, 0.1) is 0 Å². The molecule has 124 valence electrons. The highest BCUT2D eigenvalue weighted by Gasteiger charge is 2.18. The van der Waals surface area contributed by atoms with E-state index in [2.05, 4.69) is 14.8 Å². The molecule has 8 nitrogen and oxygen atoms in total. The number of amides is 1. The van der Waals surface area contributed by atoms with Crippen molar-refractivity contribution in [2.45, 2.75) is 39.2 Å². The van der Waals surface area contributed by atoms with E-state index >= 15 is 0 Å². The average Bonchev–Trinajstić information content (AvgIpc) is 2.43. The molecular formula is C12H25N3O5S.